The second-order valence-corrected chi connectivity index (χ2v) is 4.48. The van der Waals surface area contributed by atoms with Gasteiger partial charge in [0.15, 0.2) is 0 Å². The van der Waals surface area contributed by atoms with Crippen LogP contribution in [0.2, 0.25) is 0 Å². The van der Waals surface area contributed by atoms with E-state index < -0.39 is 0 Å². The van der Waals surface area contributed by atoms with Crippen LogP contribution in [0.3, 0.4) is 0 Å². The number of carbonyl (C=O) groups excluding carboxylic acids is 1. The van der Waals surface area contributed by atoms with E-state index in [2.05, 4.69) is 5.32 Å². The quantitative estimate of drug-likeness (QED) is 0.829. The first-order valence-corrected chi connectivity index (χ1v) is 6.56. The Balaban J connectivity index is 2.23. The Morgan fingerprint density at radius 2 is 1.68 bits per heavy atom. The SMILES string of the molecule is COc1ccc(NC(=O)c2ccc(OC)c(N)c2)c(OC)c1. The van der Waals surface area contributed by atoms with Gasteiger partial charge >= 0.3 is 0 Å². The van der Waals surface area contributed by atoms with Crippen LogP contribution in [0.4, 0.5) is 11.4 Å². The average Bonchev–Trinajstić information content (AvgIpc) is 2.55. The standard InChI is InChI=1S/C16H18N2O4/c1-20-11-5-6-13(15(9-11)22-3)18-16(19)10-4-7-14(21-2)12(17)8-10/h4-9H,17H2,1-3H3,(H,18,19). The summed E-state index contributed by atoms with van der Waals surface area (Å²) in [6, 6.07) is 9.99. The predicted molar refractivity (Wildman–Crippen MR) is 84.9 cm³/mol. The first-order valence-electron chi connectivity index (χ1n) is 6.56. The molecule has 2 aromatic carbocycles. The summed E-state index contributed by atoms with van der Waals surface area (Å²) in [5.41, 5.74) is 7.18. The summed E-state index contributed by atoms with van der Waals surface area (Å²) < 4.78 is 15.4. The number of nitrogens with two attached hydrogens (primary N) is 1. The van der Waals surface area contributed by atoms with E-state index in [4.69, 9.17) is 19.9 Å². The molecular weight excluding hydrogens is 284 g/mol. The molecule has 0 spiro atoms. The van der Waals surface area contributed by atoms with Gasteiger partial charge in [-0.1, -0.05) is 0 Å². The Hall–Kier alpha value is -2.89. The molecule has 22 heavy (non-hydrogen) atoms. The molecule has 2 rings (SSSR count). The molecule has 0 atom stereocenters. The molecule has 0 aliphatic carbocycles. The molecular formula is C16H18N2O4. The number of nitrogens with one attached hydrogen (secondary N) is 1. The van der Waals surface area contributed by atoms with Crippen LogP contribution in [0.25, 0.3) is 0 Å². The van der Waals surface area contributed by atoms with Crippen molar-refractivity contribution < 1.29 is 19.0 Å². The molecule has 1 amide bonds. The van der Waals surface area contributed by atoms with Gasteiger partial charge in [-0.2, -0.15) is 0 Å². The molecule has 2 aromatic rings. The van der Waals surface area contributed by atoms with Crippen molar-refractivity contribution in [3.63, 3.8) is 0 Å². The third kappa shape index (κ3) is 3.22. The van der Waals surface area contributed by atoms with E-state index >= 15 is 0 Å². The average molecular weight is 302 g/mol. The van der Waals surface area contributed by atoms with Gasteiger partial charge in [0.1, 0.15) is 17.2 Å². The molecule has 0 unspecified atom stereocenters. The fourth-order valence-electron chi connectivity index (χ4n) is 1.97. The van der Waals surface area contributed by atoms with Gasteiger partial charge in [-0.15, -0.1) is 0 Å². The summed E-state index contributed by atoms with van der Waals surface area (Å²) in [5.74, 6) is 1.38. The number of rotatable bonds is 5. The molecule has 0 aliphatic heterocycles. The molecule has 0 bridgehead atoms. The van der Waals surface area contributed by atoms with E-state index in [9.17, 15) is 4.79 Å². The lowest BCUT2D eigenvalue weighted by atomic mass is 10.1. The number of hydrogen-bond donors (Lipinski definition) is 2. The largest absolute Gasteiger partial charge is 0.497 e. The van der Waals surface area contributed by atoms with Crippen molar-refractivity contribution in [1.29, 1.82) is 0 Å². The van der Waals surface area contributed by atoms with E-state index in [1.54, 1.807) is 43.5 Å². The molecule has 6 nitrogen and oxygen atoms in total. The predicted octanol–water partition coefficient (Wildman–Crippen LogP) is 2.55. The van der Waals surface area contributed by atoms with Crippen molar-refractivity contribution in [2.45, 2.75) is 0 Å². The zero-order valence-corrected chi connectivity index (χ0v) is 12.7. The normalized spacial score (nSPS) is 9.95. The molecule has 0 saturated carbocycles. The zero-order chi connectivity index (χ0) is 16.1. The Labute approximate surface area is 128 Å². The van der Waals surface area contributed by atoms with E-state index in [0.29, 0.717) is 34.2 Å². The van der Waals surface area contributed by atoms with Gasteiger partial charge in [0.05, 0.1) is 32.7 Å². The fraction of sp³-hybridized carbons (Fsp3) is 0.188. The maximum absolute atomic E-state index is 12.3. The molecule has 0 radical (unpaired) electrons. The molecule has 0 saturated heterocycles. The number of benzene rings is 2. The second-order valence-electron chi connectivity index (χ2n) is 4.48. The highest BCUT2D eigenvalue weighted by Crippen LogP contribution is 2.30. The summed E-state index contributed by atoms with van der Waals surface area (Å²) in [4.78, 5) is 12.3. The van der Waals surface area contributed by atoms with Crippen LogP contribution >= 0.6 is 0 Å². The number of amides is 1. The van der Waals surface area contributed by atoms with E-state index in [0.717, 1.165) is 0 Å². The van der Waals surface area contributed by atoms with Crippen molar-refractivity contribution in [2.75, 3.05) is 32.4 Å². The third-order valence-corrected chi connectivity index (χ3v) is 3.15. The molecule has 0 aromatic heterocycles. The maximum atomic E-state index is 12.3. The molecule has 6 heteroatoms. The van der Waals surface area contributed by atoms with Crippen molar-refractivity contribution in [3.8, 4) is 17.2 Å². The first kappa shape index (κ1) is 15.5. The molecule has 0 fully saturated rings. The van der Waals surface area contributed by atoms with Crippen LogP contribution in [0.5, 0.6) is 17.2 Å². The highest BCUT2D eigenvalue weighted by molar-refractivity contribution is 6.05. The third-order valence-electron chi connectivity index (χ3n) is 3.15. The van der Waals surface area contributed by atoms with Gasteiger partial charge in [-0.25, -0.2) is 0 Å². The molecule has 0 aliphatic rings. The zero-order valence-electron chi connectivity index (χ0n) is 12.7. The summed E-state index contributed by atoms with van der Waals surface area (Å²) in [6.07, 6.45) is 0. The highest BCUT2D eigenvalue weighted by Gasteiger charge is 2.12. The summed E-state index contributed by atoms with van der Waals surface area (Å²) >= 11 is 0. The van der Waals surface area contributed by atoms with Crippen molar-refractivity contribution in [2.24, 2.45) is 0 Å². The van der Waals surface area contributed by atoms with Gasteiger partial charge in [-0.3, -0.25) is 4.79 Å². The number of ether oxygens (including phenoxy) is 3. The maximum Gasteiger partial charge on any atom is 0.255 e. The van der Waals surface area contributed by atoms with E-state index in [-0.39, 0.29) is 5.91 Å². The molecule has 116 valence electrons. The Morgan fingerprint density at radius 3 is 2.27 bits per heavy atom. The topological polar surface area (TPSA) is 82.8 Å². The van der Waals surface area contributed by atoms with Crippen LogP contribution in [-0.4, -0.2) is 27.2 Å². The summed E-state index contributed by atoms with van der Waals surface area (Å²) in [6.45, 7) is 0. The number of carbonyl (C=O) groups is 1. The summed E-state index contributed by atoms with van der Waals surface area (Å²) in [7, 11) is 4.61. The van der Waals surface area contributed by atoms with Crippen molar-refractivity contribution in [1.82, 2.24) is 0 Å². The van der Waals surface area contributed by atoms with Gasteiger partial charge in [-0.05, 0) is 30.3 Å². The minimum absolute atomic E-state index is 0.294. The van der Waals surface area contributed by atoms with Gasteiger partial charge in [0.2, 0.25) is 0 Å². The molecule has 0 heterocycles. The monoisotopic (exact) mass is 302 g/mol. The van der Waals surface area contributed by atoms with Gasteiger partial charge in [0.25, 0.3) is 5.91 Å². The number of methoxy groups -OCH3 is 3. The van der Waals surface area contributed by atoms with Crippen LogP contribution in [0.15, 0.2) is 36.4 Å². The Kier molecular flexibility index (Phi) is 4.73. The van der Waals surface area contributed by atoms with Crippen LogP contribution in [0.1, 0.15) is 10.4 Å². The number of hydrogen-bond acceptors (Lipinski definition) is 5. The molecule has 3 N–H and O–H groups in total. The van der Waals surface area contributed by atoms with Crippen LogP contribution in [-0.2, 0) is 0 Å². The van der Waals surface area contributed by atoms with E-state index in [1.165, 1.54) is 14.2 Å². The summed E-state index contributed by atoms with van der Waals surface area (Å²) in [5, 5.41) is 2.78. The van der Waals surface area contributed by atoms with Crippen LogP contribution in [0, 0.1) is 0 Å². The minimum Gasteiger partial charge on any atom is -0.497 e. The fourth-order valence-corrected chi connectivity index (χ4v) is 1.97. The smallest absolute Gasteiger partial charge is 0.255 e. The second kappa shape index (κ2) is 6.71. The van der Waals surface area contributed by atoms with Gasteiger partial charge < -0.3 is 25.3 Å². The lowest BCUT2D eigenvalue weighted by molar-refractivity contribution is 0.102. The minimum atomic E-state index is -0.294. The lowest BCUT2D eigenvalue weighted by Gasteiger charge is -2.12. The number of nitrogen functional groups attached to an aromatic ring is 1. The van der Waals surface area contributed by atoms with Crippen molar-refractivity contribution in [3.05, 3.63) is 42.0 Å². The number of anilines is 2. The Morgan fingerprint density at radius 1 is 0.955 bits per heavy atom. The highest BCUT2D eigenvalue weighted by atomic mass is 16.5. The van der Waals surface area contributed by atoms with E-state index in [1.807, 2.05) is 0 Å². The van der Waals surface area contributed by atoms with Crippen LogP contribution < -0.4 is 25.3 Å². The Bertz CT molecular complexity index is 686. The van der Waals surface area contributed by atoms with Crippen molar-refractivity contribution >= 4 is 17.3 Å². The first-order chi connectivity index (χ1) is 10.6. The lowest BCUT2D eigenvalue weighted by Crippen LogP contribution is -2.13. The van der Waals surface area contributed by atoms with Gasteiger partial charge in [0, 0.05) is 11.6 Å².